The van der Waals surface area contributed by atoms with Crippen molar-refractivity contribution in [1.82, 2.24) is 9.80 Å². The van der Waals surface area contributed by atoms with E-state index in [0.29, 0.717) is 16.1 Å². The summed E-state index contributed by atoms with van der Waals surface area (Å²) >= 11 is 7.58. The van der Waals surface area contributed by atoms with Crippen molar-refractivity contribution in [3.8, 4) is 0 Å². The summed E-state index contributed by atoms with van der Waals surface area (Å²) in [4.78, 5) is 42.9. The summed E-state index contributed by atoms with van der Waals surface area (Å²) in [6.45, 7) is 0.409. The number of hydrogen-bond donors (Lipinski definition) is 1. The van der Waals surface area contributed by atoms with Crippen molar-refractivity contribution in [1.29, 1.82) is 0 Å². The predicted octanol–water partition coefficient (Wildman–Crippen LogP) is 7.29. The molecule has 2 amide bonds. The molecule has 1 fully saturated rings. The molecule has 4 aromatic rings. The van der Waals surface area contributed by atoms with E-state index in [0.717, 1.165) is 22.2 Å². The Bertz CT molecular complexity index is 1670. The van der Waals surface area contributed by atoms with Crippen LogP contribution in [0, 0.1) is 0 Å². The van der Waals surface area contributed by atoms with Crippen molar-refractivity contribution < 1.29 is 32.7 Å². The minimum absolute atomic E-state index is 0.0748. The van der Waals surface area contributed by atoms with Gasteiger partial charge in [-0.2, -0.15) is 13.2 Å². The molecule has 0 bridgehead atoms. The fourth-order valence-electron chi connectivity index (χ4n) is 5.58. The maximum Gasteiger partial charge on any atom is 0.416 e. The summed E-state index contributed by atoms with van der Waals surface area (Å²) in [7, 11) is 0. The average molecular weight is 629 g/mol. The highest BCUT2D eigenvalue weighted by molar-refractivity contribution is 7.17. The van der Waals surface area contributed by atoms with Crippen LogP contribution in [-0.2, 0) is 28.7 Å². The summed E-state index contributed by atoms with van der Waals surface area (Å²) in [5, 5.41) is 12.2. The van der Waals surface area contributed by atoms with Crippen LogP contribution in [0.5, 0.6) is 0 Å². The number of carbonyl (C=O) groups is 3. The predicted molar refractivity (Wildman–Crippen MR) is 159 cm³/mol. The van der Waals surface area contributed by atoms with Crippen molar-refractivity contribution in [2.24, 2.45) is 0 Å². The zero-order chi connectivity index (χ0) is 30.8. The first kappa shape index (κ1) is 30.6. The van der Waals surface area contributed by atoms with E-state index < -0.39 is 29.2 Å². The van der Waals surface area contributed by atoms with Gasteiger partial charge >= 0.3 is 12.1 Å². The number of likely N-dealkylation sites (tertiary alicyclic amines) is 1. The van der Waals surface area contributed by atoms with Crippen LogP contribution in [0.1, 0.15) is 46.3 Å². The van der Waals surface area contributed by atoms with Gasteiger partial charge in [0.05, 0.1) is 11.1 Å². The molecule has 0 aliphatic carbocycles. The Labute approximate surface area is 255 Å². The van der Waals surface area contributed by atoms with Gasteiger partial charge in [0.15, 0.2) is 0 Å². The van der Waals surface area contributed by atoms with Crippen molar-refractivity contribution in [2.75, 3.05) is 13.1 Å². The normalized spacial score (nSPS) is 16.6. The van der Waals surface area contributed by atoms with Crippen LogP contribution in [0.2, 0.25) is 5.02 Å². The van der Waals surface area contributed by atoms with Gasteiger partial charge in [-0.15, -0.1) is 11.3 Å². The lowest BCUT2D eigenvalue weighted by Crippen LogP contribution is -2.70. The van der Waals surface area contributed by atoms with Gasteiger partial charge in [0.2, 0.25) is 5.91 Å². The minimum Gasteiger partial charge on any atom is -0.481 e. The van der Waals surface area contributed by atoms with Crippen LogP contribution in [0.25, 0.3) is 10.1 Å². The van der Waals surface area contributed by atoms with Crippen molar-refractivity contribution >= 4 is 50.8 Å². The number of nitrogens with zero attached hydrogens (tertiary/aromatic N) is 2. The number of rotatable bonds is 10. The van der Waals surface area contributed by atoms with E-state index in [1.807, 2.05) is 24.3 Å². The zero-order valence-electron chi connectivity index (χ0n) is 22.9. The van der Waals surface area contributed by atoms with Crippen LogP contribution in [0.15, 0.2) is 78.2 Å². The number of thiophene rings is 1. The Hall–Kier alpha value is -3.89. The molecule has 1 aromatic heterocycles. The number of alkyl halides is 3. The summed E-state index contributed by atoms with van der Waals surface area (Å²) in [6, 6.07) is 19.1. The van der Waals surface area contributed by atoms with Gasteiger partial charge in [-0.25, -0.2) is 0 Å². The zero-order valence-corrected chi connectivity index (χ0v) is 24.5. The maximum atomic E-state index is 14.6. The van der Waals surface area contributed by atoms with Crippen LogP contribution in [0.4, 0.5) is 13.2 Å². The molecule has 0 saturated carbocycles. The Morgan fingerprint density at radius 2 is 1.74 bits per heavy atom. The molecule has 1 atom stereocenters. The number of carbonyl (C=O) groups excluding carboxylic acids is 2. The molecule has 1 aliphatic rings. The largest absolute Gasteiger partial charge is 0.481 e. The molecule has 43 heavy (non-hydrogen) atoms. The molecular weight excluding hydrogens is 601 g/mol. The minimum atomic E-state index is -4.58. The summed E-state index contributed by atoms with van der Waals surface area (Å²) < 4.78 is 41.7. The van der Waals surface area contributed by atoms with Crippen molar-refractivity contribution in [2.45, 2.75) is 43.9 Å². The number of carboxylic acid groups (broad SMARTS) is 1. The average Bonchev–Trinajstić information content (AvgIpc) is 3.38. The molecule has 1 unspecified atom stereocenters. The molecule has 11 heteroatoms. The van der Waals surface area contributed by atoms with Crippen molar-refractivity contribution in [3.05, 3.63) is 105 Å². The third kappa shape index (κ3) is 6.55. The smallest absolute Gasteiger partial charge is 0.416 e. The lowest BCUT2D eigenvalue weighted by Gasteiger charge is -2.53. The van der Waals surface area contributed by atoms with Gasteiger partial charge < -0.3 is 14.9 Å². The first-order chi connectivity index (χ1) is 20.5. The number of halogens is 4. The molecule has 5 rings (SSSR count). The molecule has 1 saturated heterocycles. The second kappa shape index (κ2) is 12.4. The highest BCUT2D eigenvalue weighted by Gasteiger charge is 2.55. The van der Waals surface area contributed by atoms with Crippen LogP contribution < -0.4 is 0 Å². The Morgan fingerprint density at radius 3 is 2.44 bits per heavy atom. The lowest BCUT2D eigenvalue weighted by molar-refractivity contribution is -0.152. The monoisotopic (exact) mass is 628 g/mol. The van der Waals surface area contributed by atoms with E-state index in [9.17, 15) is 32.7 Å². The van der Waals surface area contributed by atoms with Crippen molar-refractivity contribution in [3.63, 3.8) is 0 Å². The molecule has 0 radical (unpaired) electrons. The second-order valence-corrected chi connectivity index (χ2v) is 12.0. The van der Waals surface area contributed by atoms with Gasteiger partial charge in [0.25, 0.3) is 5.91 Å². The Morgan fingerprint density at radius 1 is 1.00 bits per heavy atom. The van der Waals surface area contributed by atoms with Gasteiger partial charge in [-0.3, -0.25) is 14.4 Å². The number of benzene rings is 3. The fourth-order valence-corrected chi connectivity index (χ4v) is 6.73. The Kier molecular flexibility index (Phi) is 8.80. The number of hydrogen-bond acceptors (Lipinski definition) is 4. The molecule has 224 valence electrons. The highest BCUT2D eigenvalue weighted by Crippen LogP contribution is 2.40. The third-order valence-corrected chi connectivity index (χ3v) is 8.94. The second-order valence-electron chi connectivity index (χ2n) is 10.6. The van der Waals surface area contributed by atoms with E-state index in [4.69, 9.17) is 11.6 Å². The number of aliphatic carboxylic acids is 1. The standard InChI is InChI=1S/C32H28ClF3N2O4S/c33-24-9-4-7-22(17-24)19-37(14-5-12-28(39)40)30(42)31(18-21-6-3-8-23(16-21)32(34,35)36)13-15-38(31)29(41)26-20-43-27-11-2-1-10-25(26)27/h1-4,6-11,16-17,20H,5,12-15,18-19H2,(H,39,40). The summed E-state index contributed by atoms with van der Waals surface area (Å²) in [5.74, 6) is -1.84. The summed E-state index contributed by atoms with van der Waals surface area (Å²) in [6.07, 6.45) is -4.49. The topological polar surface area (TPSA) is 77.9 Å². The quantitative estimate of drug-likeness (QED) is 0.200. The van der Waals surface area contributed by atoms with Gasteiger partial charge in [-0.05, 0) is 48.2 Å². The SMILES string of the molecule is O=C(O)CCCN(Cc1cccc(Cl)c1)C(=O)C1(Cc2cccc(C(F)(F)F)c2)CCN1C(=O)c1csc2ccccc12. The van der Waals surface area contributed by atoms with E-state index in [1.54, 1.807) is 29.6 Å². The lowest BCUT2D eigenvalue weighted by atomic mass is 9.76. The fraction of sp³-hybridized carbons (Fsp3) is 0.281. The third-order valence-electron chi connectivity index (χ3n) is 7.74. The first-order valence-corrected chi connectivity index (χ1v) is 14.9. The van der Waals surface area contributed by atoms with Gasteiger partial charge in [0.1, 0.15) is 5.54 Å². The van der Waals surface area contributed by atoms with E-state index >= 15 is 0 Å². The van der Waals surface area contributed by atoms with Crippen LogP contribution >= 0.6 is 22.9 Å². The van der Waals surface area contributed by atoms with E-state index in [-0.39, 0.29) is 56.8 Å². The number of fused-ring (bicyclic) bond motifs is 1. The van der Waals surface area contributed by atoms with Crippen LogP contribution in [-0.4, -0.2) is 51.3 Å². The van der Waals surface area contributed by atoms with Crippen LogP contribution in [0.3, 0.4) is 0 Å². The molecule has 1 aliphatic heterocycles. The molecule has 3 aromatic carbocycles. The first-order valence-electron chi connectivity index (χ1n) is 13.7. The number of carboxylic acids is 1. The molecule has 0 spiro atoms. The highest BCUT2D eigenvalue weighted by atomic mass is 35.5. The van der Waals surface area contributed by atoms with Gasteiger partial charge in [0, 0.05) is 53.0 Å². The Balaban J connectivity index is 1.55. The molecular formula is C32H28ClF3N2O4S. The maximum absolute atomic E-state index is 14.6. The molecule has 2 heterocycles. The van der Waals surface area contributed by atoms with E-state index in [2.05, 4.69) is 0 Å². The molecule has 1 N–H and O–H groups in total. The summed E-state index contributed by atoms with van der Waals surface area (Å²) in [5.41, 5.74) is -0.915. The number of amides is 2. The van der Waals surface area contributed by atoms with Gasteiger partial charge in [-0.1, -0.05) is 60.1 Å². The molecule has 6 nitrogen and oxygen atoms in total. The van der Waals surface area contributed by atoms with E-state index in [1.165, 1.54) is 33.3 Å².